The number of imide groups is 1. The maximum atomic E-state index is 13.3. The summed E-state index contributed by atoms with van der Waals surface area (Å²) in [6.07, 6.45) is 0. The number of hydrogen-bond acceptors (Lipinski definition) is 2. The predicted octanol–water partition coefficient (Wildman–Crippen LogP) is 5.48. The third kappa shape index (κ3) is 3.16. The number of hydrogen-bond donors (Lipinski definition) is 0. The Balaban J connectivity index is 1.92. The van der Waals surface area contributed by atoms with Gasteiger partial charge in [0, 0.05) is 10.0 Å². The van der Waals surface area contributed by atoms with Crippen LogP contribution in [0, 0.1) is 0 Å². The van der Waals surface area contributed by atoms with E-state index in [4.69, 9.17) is 23.2 Å². The van der Waals surface area contributed by atoms with E-state index in [1.165, 1.54) is 4.90 Å². The van der Waals surface area contributed by atoms with Crippen LogP contribution in [0.3, 0.4) is 0 Å². The second-order valence-corrected chi connectivity index (χ2v) is 6.92. The van der Waals surface area contributed by atoms with Crippen LogP contribution in [0.1, 0.15) is 11.1 Å². The van der Waals surface area contributed by atoms with Crippen molar-refractivity contribution in [3.05, 3.63) is 100 Å². The summed E-state index contributed by atoms with van der Waals surface area (Å²) in [5.41, 5.74) is 2.46. The zero-order chi connectivity index (χ0) is 19.0. The molecule has 0 saturated heterocycles. The van der Waals surface area contributed by atoms with E-state index in [0.717, 1.165) is 0 Å². The molecular formula is C22H13Cl2NO2. The molecule has 0 unspecified atom stereocenters. The molecule has 2 amide bonds. The van der Waals surface area contributed by atoms with Gasteiger partial charge in [-0.05, 0) is 47.5 Å². The fourth-order valence-electron chi connectivity index (χ4n) is 3.14. The van der Waals surface area contributed by atoms with Gasteiger partial charge in [0.15, 0.2) is 0 Å². The molecule has 0 bridgehead atoms. The molecule has 5 heteroatoms. The predicted molar refractivity (Wildman–Crippen MR) is 109 cm³/mol. The Labute approximate surface area is 166 Å². The molecule has 132 valence electrons. The van der Waals surface area contributed by atoms with Crippen molar-refractivity contribution in [2.24, 2.45) is 0 Å². The molecule has 0 N–H and O–H groups in total. The second kappa shape index (κ2) is 7.03. The van der Waals surface area contributed by atoms with Crippen LogP contribution < -0.4 is 4.90 Å². The molecule has 0 fully saturated rings. The van der Waals surface area contributed by atoms with Gasteiger partial charge in [-0.25, -0.2) is 4.90 Å². The van der Waals surface area contributed by atoms with Crippen LogP contribution in [0.5, 0.6) is 0 Å². The molecule has 1 aliphatic rings. The molecule has 3 aromatic carbocycles. The van der Waals surface area contributed by atoms with Crippen LogP contribution >= 0.6 is 23.2 Å². The van der Waals surface area contributed by atoms with Crippen LogP contribution in [0.2, 0.25) is 10.0 Å². The van der Waals surface area contributed by atoms with Crippen molar-refractivity contribution >= 4 is 51.8 Å². The summed E-state index contributed by atoms with van der Waals surface area (Å²) in [4.78, 5) is 27.7. The summed E-state index contributed by atoms with van der Waals surface area (Å²) >= 11 is 12.1. The average Bonchev–Trinajstić information content (AvgIpc) is 2.94. The van der Waals surface area contributed by atoms with E-state index >= 15 is 0 Å². The monoisotopic (exact) mass is 393 g/mol. The van der Waals surface area contributed by atoms with Gasteiger partial charge in [0.25, 0.3) is 11.8 Å². The first kappa shape index (κ1) is 17.5. The third-order valence-electron chi connectivity index (χ3n) is 4.34. The van der Waals surface area contributed by atoms with Gasteiger partial charge < -0.3 is 0 Å². The average molecular weight is 394 g/mol. The molecule has 0 aliphatic carbocycles. The summed E-state index contributed by atoms with van der Waals surface area (Å²) in [7, 11) is 0. The SMILES string of the molecule is O=C1C(c2ccccc2)=C(c2cccc(Cl)c2)C(=O)N1c1ccc(Cl)cc1. The molecule has 0 spiro atoms. The summed E-state index contributed by atoms with van der Waals surface area (Å²) in [6, 6.07) is 22.7. The quantitative estimate of drug-likeness (QED) is 0.552. The van der Waals surface area contributed by atoms with E-state index in [-0.39, 0.29) is 11.8 Å². The number of anilines is 1. The third-order valence-corrected chi connectivity index (χ3v) is 4.83. The maximum Gasteiger partial charge on any atom is 0.266 e. The Kier molecular flexibility index (Phi) is 4.56. The number of amides is 2. The lowest BCUT2D eigenvalue weighted by Crippen LogP contribution is -2.31. The van der Waals surface area contributed by atoms with Crippen molar-refractivity contribution in [2.75, 3.05) is 4.90 Å². The highest BCUT2D eigenvalue weighted by Crippen LogP contribution is 2.38. The van der Waals surface area contributed by atoms with Crippen molar-refractivity contribution in [3.63, 3.8) is 0 Å². The summed E-state index contributed by atoms with van der Waals surface area (Å²) in [6.45, 7) is 0. The highest BCUT2D eigenvalue weighted by atomic mass is 35.5. The zero-order valence-corrected chi connectivity index (χ0v) is 15.5. The number of carbonyl (C=O) groups is 2. The lowest BCUT2D eigenvalue weighted by Gasteiger charge is -2.15. The maximum absolute atomic E-state index is 13.3. The molecule has 3 nitrogen and oxygen atoms in total. The Hall–Kier alpha value is -2.88. The van der Waals surface area contributed by atoms with E-state index in [9.17, 15) is 9.59 Å². The van der Waals surface area contributed by atoms with Crippen LogP contribution in [0.4, 0.5) is 5.69 Å². The highest BCUT2D eigenvalue weighted by molar-refractivity contribution is 6.57. The molecule has 0 aromatic heterocycles. The zero-order valence-electron chi connectivity index (χ0n) is 14.0. The van der Waals surface area contributed by atoms with Gasteiger partial charge in [0.1, 0.15) is 0 Å². The molecule has 0 radical (unpaired) electrons. The Morgan fingerprint density at radius 3 is 1.81 bits per heavy atom. The molecule has 27 heavy (non-hydrogen) atoms. The number of nitrogens with zero attached hydrogens (tertiary/aromatic N) is 1. The number of benzene rings is 3. The van der Waals surface area contributed by atoms with Gasteiger partial charge >= 0.3 is 0 Å². The molecule has 3 aromatic rings. The molecular weight excluding hydrogens is 381 g/mol. The number of rotatable bonds is 3. The minimum atomic E-state index is -0.386. The highest BCUT2D eigenvalue weighted by Gasteiger charge is 2.40. The number of halogens is 2. The van der Waals surface area contributed by atoms with Crippen molar-refractivity contribution < 1.29 is 9.59 Å². The minimum absolute atomic E-state index is 0.337. The van der Waals surface area contributed by atoms with Gasteiger partial charge in [0.2, 0.25) is 0 Å². The first-order valence-corrected chi connectivity index (χ1v) is 9.02. The van der Waals surface area contributed by atoms with Gasteiger partial charge in [-0.3, -0.25) is 9.59 Å². The molecule has 0 saturated carbocycles. The van der Waals surface area contributed by atoms with Gasteiger partial charge in [-0.15, -0.1) is 0 Å². The number of carbonyl (C=O) groups excluding carboxylic acids is 2. The standard InChI is InChI=1S/C22H13Cl2NO2/c23-16-9-11-18(12-10-16)25-21(26)19(14-5-2-1-3-6-14)20(22(25)27)15-7-4-8-17(24)13-15/h1-13H. The molecule has 4 rings (SSSR count). The summed E-state index contributed by atoms with van der Waals surface area (Å²) in [5, 5.41) is 1.03. The Morgan fingerprint density at radius 2 is 1.19 bits per heavy atom. The second-order valence-electron chi connectivity index (χ2n) is 6.05. The lowest BCUT2D eigenvalue weighted by molar-refractivity contribution is -0.119. The summed E-state index contributed by atoms with van der Waals surface area (Å²) < 4.78 is 0. The normalized spacial score (nSPS) is 14.2. The van der Waals surface area contributed by atoms with Crippen molar-refractivity contribution in [3.8, 4) is 0 Å². The van der Waals surface area contributed by atoms with E-state index in [0.29, 0.717) is 38.0 Å². The molecule has 0 atom stereocenters. The first-order valence-electron chi connectivity index (χ1n) is 8.26. The minimum Gasteiger partial charge on any atom is -0.268 e. The van der Waals surface area contributed by atoms with Gasteiger partial charge in [0.05, 0.1) is 16.8 Å². The first-order chi connectivity index (χ1) is 13.1. The van der Waals surface area contributed by atoms with Crippen LogP contribution in [-0.4, -0.2) is 11.8 Å². The Bertz CT molecular complexity index is 1070. The lowest BCUT2D eigenvalue weighted by atomic mass is 9.96. The molecule has 1 aliphatic heterocycles. The molecule has 1 heterocycles. The van der Waals surface area contributed by atoms with E-state index in [1.807, 2.05) is 30.3 Å². The smallest absolute Gasteiger partial charge is 0.266 e. The largest absolute Gasteiger partial charge is 0.268 e. The van der Waals surface area contributed by atoms with Gasteiger partial charge in [-0.1, -0.05) is 65.7 Å². The van der Waals surface area contributed by atoms with Crippen LogP contribution in [0.25, 0.3) is 11.1 Å². The van der Waals surface area contributed by atoms with Crippen LogP contribution in [0.15, 0.2) is 78.9 Å². The summed E-state index contributed by atoms with van der Waals surface area (Å²) in [5.74, 6) is -0.757. The van der Waals surface area contributed by atoms with Crippen molar-refractivity contribution in [1.82, 2.24) is 0 Å². The van der Waals surface area contributed by atoms with Crippen molar-refractivity contribution in [2.45, 2.75) is 0 Å². The van der Waals surface area contributed by atoms with E-state index < -0.39 is 0 Å². The fourth-order valence-corrected chi connectivity index (χ4v) is 3.46. The Morgan fingerprint density at radius 1 is 0.593 bits per heavy atom. The van der Waals surface area contributed by atoms with Crippen LogP contribution in [-0.2, 0) is 9.59 Å². The van der Waals surface area contributed by atoms with Gasteiger partial charge in [-0.2, -0.15) is 0 Å². The van der Waals surface area contributed by atoms with Crippen molar-refractivity contribution in [1.29, 1.82) is 0 Å². The fraction of sp³-hybridized carbons (Fsp3) is 0. The van der Waals surface area contributed by atoms with E-state index in [2.05, 4.69) is 0 Å². The topological polar surface area (TPSA) is 37.4 Å². The van der Waals surface area contributed by atoms with E-state index in [1.54, 1.807) is 48.5 Å².